The van der Waals surface area contributed by atoms with E-state index in [0.29, 0.717) is 12.4 Å². The monoisotopic (exact) mass is 234 g/mol. The van der Waals surface area contributed by atoms with Crippen LogP contribution < -0.4 is 10.4 Å². The van der Waals surface area contributed by atoms with E-state index in [1.54, 1.807) is 11.7 Å². The van der Waals surface area contributed by atoms with Crippen LogP contribution >= 0.6 is 0 Å². The van der Waals surface area contributed by atoms with Gasteiger partial charge in [-0.1, -0.05) is 6.07 Å². The Bertz CT molecular complexity index is 593. The molecule has 1 fully saturated rings. The van der Waals surface area contributed by atoms with Crippen molar-refractivity contribution in [2.45, 2.75) is 19.1 Å². The molecule has 2 heterocycles. The van der Waals surface area contributed by atoms with Crippen molar-refractivity contribution in [3.05, 3.63) is 28.7 Å². The Morgan fingerprint density at radius 1 is 1.53 bits per heavy atom. The molecule has 1 unspecified atom stereocenters. The number of nitrogens with one attached hydrogen (secondary N) is 1. The van der Waals surface area contributed by atoms with Gasteiger partial charge in [0.05, 0.1) is 12.6 Å². The van der Waals surface area contributed by atoms with Crippen LogP contribution in [0.3, 0.4) is 0 Å². The van der Waals surface area contributed by atoms with E-state index in [9.17, 15) is 4.79 Å². The summed E-state index contributed by atoms with van der Waals surface area (Å²) in [7, 11) is 1.59. The third-order valence-corrected chi connectivity index (χ3v) is 3.13. The number of hydrogen-bond donors (Lipinski definition) is 1. The first-order chi connectivity index (χ1) is 8.31. The Kier molecular flexibility index (Phi) is 2.40. The highest BCUT2D eigenvalue weighted by Gasteiger charge is 2.22. The fourth-order valence-electron chi connectivity index (χ4n) is 2.34. The molecule has 1 aromatic carbocycles. The van der Waals surface area contributed by atoms with E-state index in [-0.39, 0.29) is 11.9 Å². The summed E-state index contributed by atoms with van der Waals surface area (Å²) in [6.45, 7) is 0.716. The minimum Gasteiger partial charge on any atom is -0.494 e. The molecule has 0 saturated carbocycles. The molecule has 3 rings (SSSR count). The summed E-state index contributed by atoms with van der Waals surface area (Å²) in [5, 5.41) is 0. The number of ether oxygens (including phenoxy) is 2. The van der Waals surface area contributed by atoms with Gasteiger partial charge in [0.15, 0.2) is 0 Å². The van der Waals surface area contributed by atoms with Crippen LogP contribution in [0.4, 0.5) is 0 Å². The number of benzene rings is 1. The lowest BCUT2D eigenvalue weighted by molar-refractivity contribution is 0.0573. The van der Waals surface area contributed by atoms with Gasteiger partial charge >= 0.3 is 5.69 Å². The minimum atomic E-state index is -0.150. The normalized spacial score (nSPS) is 19.9. The molecule has 0 amide bonds. The van der Waals surface area contributed by atoms with Crippen LogP contribution in [0.1, 0.15) is 19.1 Å². The van der Waals surface area contributed by atoms with Gasteiger partial charge in [-0.2, -0.15) is 0 Å². The first kappa shape index (κ1) is 10.4. The maximum absolute atomic E-state index is 12.0. The van der Waals surface area contributed by atoms with Crippen LogP contribution in [0, 0.1) is 0 Å². The van der Waals surface area contributed by atoms with Crippen molar-refractivity contribution < 1.29 is 9.47 Å². The Morgan fingerprint density at radius 3 is 3.12 bits per heavy atom. The Morgan fingerprint density at radius 2 is 2.41 bits per heavy atom. The summed E-state index contributed by atoms with van der Waals surface area (Å²) in [6, 6.07) is 5.61. The van der Waals surface area contributed by atoms with Gasteiger partial charge in [0.2, 0.25) is 0 Å². The van der Waals surface area contributed by atoms with Crippen molar-refractivity contribution in [2.24, 2.45) is 0 Å². The van der Waals surface area contributed by atoms with Crippen molar-refractivity contribution >= 4 is 11.0 Å². The van der Waals surface area contributed by atoms with Crippen LogP contribution in [0.25, 0.3) is 11.0 Å². The van der Waals surface area contributed by atoms with E-state index in [2.05, 4.69) is 4.98 Å². The molecule has 1 aliphatic rings. The summed E-state index contributed by atoms with van der Waals surface area (Å²) in [5.74, 6) is 0.677. The van der Waals surface area contributed by atoms with Gasteiger partial charge in [-0.3, -0.25) is 4.57 Å². The number of methoxy groups -OCH3 is 1. The number of aromatic amines is 1. The van der Waals surface area contributed by atoms with Crippen LogP contribution in [0.2, 0.25) is 0 Å². The Hall–Kier alpha value is -1.75. The zero-order valence-corrected chi connectivity index (χ0v) is 9.60. The number of hydrogen-bond acceptors (Lipinski definition) is 3. The quantitative estimate of drug-likeness (QED) is 0.859. The SMILES string of the molecule is COc1cccc2c1[nH]c(=O)n2C1CCCO1. The second kappa shape index (κ2) is 3.92. The van der Waals surface area contributed by atoms with Crippen LogP contribution in [0.5, 0.6) is 5.75 Å². The topological polar surface area (TPSA) is 56.2 Å². The average Bonchev–Trinajstić information content (AvgIpc) is 2.93. The van der Waals surface area contributed by atoms with Crippen LogP contribution in [0.15, 0.2) is 23.0 Å². The maximum atomic E-state index is 12.0. The summed E-state index contributed by atoms with van der Waals surface area (Å²) in [5.41, 5.74) is 1.42. The molecule has 0 bridgehead atoms. The summed E-state index contributed by atoms with van der Waals surface area (Å²) >= 11 is 0. The molecule has 5 nitrogen and oxygen atoms in total. The molecule has 1 aliphatic heterocycles. The van der Waals surface area contributed by atoms with Gasteiger partial charge in [-0.15, -0.1) is 0 Å². The van der Waals surface area contributed by atoms with Crippen LogP contribution in [-0.4, -0.2) is 23.3 Å². The fraction of sp³-hybridized carbons (Fsp3) is 0.417. The first-order valence-corrected chi connectivity index (χ1v) is 5.70. The highest BCUT2D eigenvalue weighted by atomic mass is 16.5. The molecule has 1 saturated heterocycles. The van der Waals surface area contributed by atoms with Crippen LogP contribution in [-0.2, 0) is 4.74 Å². The lowest BCUT2D eigenvalue weighted by atomic mass is 10.2. The Balaban J connectivity index is 2.24. The molecule has 0 spiro atoms. The average molecular weight is 234 g/mol. The maximum Gasteiger partial charge on any atom is 0.328 e. The second-order valence-corrected chi connectivity index (χ2v) is 4.12. The van der Waals surface area contributed by atoms with E-state index in [1.807, 2.05) is 18.2 Å². The lowest BCUT2D eigenvalue weighted by Gasteiger charge is -2.11. The molecular formula is C12H14N2O3. The molecule has 1 N–H and O–H groups in total. The summed E-state index contributed by atoms with van der Waals surface area (Å²) in [6.07, 6.45) is 1.72. The van der Waals surface area contributed by atoms with E-state index in [1.165, 1.54) is 0 Å². The number of fused-ring (bicyclic) bond motifs is 1. The molecule has 5 heteroatoms. The number of nitrogens with zero attached hydrogens (tertiary/aromatic N) is 1. The third-order valence-electron chi connectivity index (χ3n) is 3.13. The molecule has 0 aliphatic carbocycles. The van der Waals surface area contributed by atoms with Gasteiger partial charge in [0, 0.05) is 6.61 Å². The smallest absolute Gasteiger partial charge is 0.328 e. The van der Waals surface area contributed by atoms with Crippen molar-refractivity contribution in [1.29, 1.82) is 0 Å². The molecule has 1 atom stereocenters. The molecule has 1 aromatic heterocycles. The molecule has 2 aromatic rings. The fourth-order valence-corrected chi connectivity index (χ4v) is 2.34. The molecule has 90 valence electrons. The number of aromatic nitrogens is 2. The largest absolute Gasteiger partial charge is 0.494 e. The van der Waals surface area contributed by atoms with Gasteiger partial charge in [-0.05, 0) is 25.0 Å². The highest BCUT2D eigenvalue weighted by Crippen LogP contribution is 2.28. The zero-order chi connectivity index (χ0) is 11.8. The first-order valence-electron chi connectivity index (χ1n) is 5.70. The van der Waals surface area contributed by atoms with Crippen molar-refractivity contribution in [3.63, 3.8) is 0 Å². The standard InChI is InChI=1S/C12H14N2O3/c1-16-9-5-2-4-8-11(9)13-12(15)14(8)10-6-3-7-17-10/h2,4-5,10H,3,6-7H2,1H3,(H,13,15). The van der Waals surface area contributed by atoms with Gasteiger partial charge < -0.3 is 14.5 Å². The van der Waals surface area contributed by atoms with E-state index in [4.69, 9.17) is 9.47 Å². The number of imidazole rings is 1. The Labute approximate surface area is 98.0 Å². The van der Waals surface area contributed by atoms with Crippen molar-refractivity contribution in [2.75, 3.05) is 13.7 Å². The highest BCUT2D eigenvalue weighted by molar-refractivity contribution is 5.81. The van der Waals surface area contributed by atoms with Gasteiger partial charge in [0.1, 0.15) is 17.5 Å². The number of H-pyrrole nitrogens is 1. The van der Waals surface area contributed by atoms with Gasteiger partial charge in [-0.25, -0.2) is 4.79 Å². The van der Waals surface area contributed by atoms with E-state index < -0.39 is 0 Å². The molecule has 17 heavy (non-hydrogen) atoms. The van der Waals surface area contributed by atoms with Crippen molar-refractivity contribution in [1.82, 2.24) is 9.55 Å². The number of para-hydroxylation sites is 1. The summed E-state index contributed by atoms with van der Waals surface area (Å²) in [4.78, 5) is 14.8. The van der Waals surface area contributed by atoms with E-state index in [0.717, 1.165) is 23.9 Å². The van der Waals surface area contributed by atoms with Crippen molar-refractivity contribution in [3.8, 4) is 5.75 Å². The molecule has 0 radical (unpaired) electrons. The predicted molar refractivity (Wildman–Crippen MR) is 63.3 cm³/mol. The second-order valence-electron chi connectivity index (χ2n) is 4.12. The lowest BCUT2D eigenvalue weighted by Crippen LogP contribution is -2.21. The zero-order valence-electron chi connectivity index (χ0n) is 9.60. The van der Waals surface area contributed by atoms with E-state index >= 15 is 0 Å². The molecular weight excluding hydrogens is 220 g/mol. The minimum absolute atomic E-state index is 0.142. The number of rotatable bonds is 2. The van der Waals surface area contributed by atoms with Gasteiger partial charge in [0.25, 0.3) is 0 Å². The predicted octanol–water partition coefficient (Wildman–Crippen LogP) is 1.65. The third kappa shape index (κ3) is 1.54. The summed E-state index contributed by atoms with van der Waals surface area (Å²) < 4.78 is 12.5.